The van der Waals surface area contributed by atoms with Gasteiger partial charge in [0.25, 0.3) is 5.91 Å². The van der Waals surface area contributed by atoms with Gasteiger partial charge in [-0.2, -0.15) is 4.31 Å². The highest BCUT2D eigenvalue weighted by Gasteiger charge is 2.24. The molecular formula is C21H27ClN2O3S. The molecule has 0 unspecified atom stereocenters. The molecule has 0 heterocycles. The van der Waals surface area contributed by atoms with Crippen molar-refractivity contribution in [2.24, 2.45) is 0 Å². The molecule has 0 radical (unpaired) electrons. The summed E-state index contributed by atoms with van der Waals surface area (Å²) in [6, 6.07) is 13.8. The minimum Gasteiger partial charge on any atom is -0.345 e. The molecule has 5 nitrogen and oxygen atoms in total. The molecular weight excluding hydrogens is 396 g/mol. The van der Waals surface area contributed by atoms with Gasteiger partial charge in [-0.05, 0) is 30.2 Å². The van der Waals surface area contributed by atoms with Gasteiger partial charge in [0, 0.05) is 13.1 Å². The molecule has 1 amide bonds. The molecule has 0 saturated carbocycles. The van der Waals surface area contributed by atoms with E-state index in [0.717, 1.165) is 18.4 Å². The predicted molar refractivity (Wildman–Crippen MR) is 113 cm³/mol. The van der Waals surface area contributed by atoms with Crippen molar-refractivity contribution in [2.45, 2.75) is 44.6 Å². The van der Waals surface area contributed by atoms with Gasteiger partial charge in [0.1, 0.15) is 0 Å². The van der Waals surface area contributed by atoms with Crippen LogP contribution in [-0.4, -0.2) is 31.7 Å². The number of carbonyl (C=O) groups excluding carboxylic acids is 1. The lowest BCUT2D eigenvalue weighted by Gasteiger charge is -2.21. The average molecular weight is 423 g/mol. The zero-order chi connectivity index (χ0) is 20.7. The smallest absolute Gasteiger partial charge is 0.253 e. The van der Waals surface area contributed by atoms with E-state index in [0.29, 0.717) is 13.1 Å². The highest BCUT2D eigenvalue weighted by atomic mass is 35.5. The zero-order valence-corrected chi connectivity index (χ0v) is 18.1. The Morgan fingerprint density at radius 3 is 2.29 bits per heavy atom. The maximum absolute atomic E-state index is 12.9. The van der Waals surface area contributed by atoms with Crippen LogP contribution in [0.4, 0.5) is 0 Å². The van der Waals surface area contributed by atoms with Crippen LogP contribution in [0.2, 0.25) is 5.02 Å². The highest BCUT2D eigenvalue weighted by molar-refractivity contribution is 7.89. The molecule has 2 rings (SSSR count). The van der Waals surface area contributed by atoms with Gasteiger partial charge in [0.2, 0.25) is 10.0 Å². The molecule has 0 saturated heterocycles. The first-order valence-corrected chi connectivity index (χ1v) is 11.3. The number of carbonyl (C=O) groups is 1. The molecule has 0 spiro atoms. The third-order valence-electron chi connectivity index (χ3n) is 4.61. The SMILES string of the molecule is CCC[C@@H](NC(=O)c1cc(S(=O)(=O)N(CC)CC)ccc1Cl)c1ccccc1. The van der Waals surface area contributed by atoms with Gasteiger partial charge < -0.3 is 5.32 Å². The van der Waals surface area contributed by atoms with Crippen LogP contribution in [0.5, 0.6) is 0 Å². The predicted octanol–water partition coefficient (Wildman–Crippen LogP) is 4.64. The lowest BCUT2D eigenvalue weighted by molar-refractivity contribution is 0.0934. The average Bonchev–Trinajstić information content (AvgIpc) is 2.69. The first-order chi connectivity index (χ1) is 13.3. The van der Waals surface area contributed by atoms with Crippen LogP contribution in [0.3, 0.4) is 0 Å². The summed E-state index contributed by atoms with van der Waals surface area (Å²) in [5.41, 5.74) is 1.16. The Morgan fingerprint density at radius 1 is 1.07 bits per heavy atom. The van der Waals surface area contributed by atoms with E-state index < -0.39 is 10.0 Å². The number of rotatable bonds is 9. The maximum atomic E-state index is 12.9. The lowest BCUT2D eigenvalue weighted by Crippen LogP contribution is -2.31. The Balaban J connectivity index is 2.35. The van der Waals surface area contributed by atoms with Crippen molar-refractivity contribution in [3.63, 3.8) is 0 Å². The van der Waals surface area contributed by atoms with Gasteiger partial charge in [-0.3, -0.25) is 4.79 Å². The van der Waals surface area contributed by atoms with Crippen LogP contribution in [0.15, 0.2) is 53.4 Å². The lowest BCUT2D eigenvalue weighted by atomic mass is 10.0. The van der Waals surface area contributed by atoms with Crippen molar-refractivity contribution in [3.8, 4) is 0 Å². The summed E-state index contributed by atoms with van der Waals surface area (Å²) in [5, 5.41) is 3.22. The fourth-order valence-electron chi connectivity index (χ4n) is 3.08. The second-order valence-corrected chi connectivity index (χ2v) is 8.80. The van der Waals surface area contributed by atoms with Crippen LogP contribution in [0, 0.1) is 0 Å². The summed E-state index contributed by atoms with van der Waals surface area (Å²) in [5.74, 6) is -0.385. The van der Waals surface area contributed by atoms with Gasteiger partial charge >= 0.3 is 0 Å². The van der Waals surface area contributed by atoms with E-state index in [1.54, 1.807) is 13.8 Å². The van der Waals surface area contributed by atoms with Crippen LogP contribution >= 0.6 is 11.6 Å². The van der Waals surface area contributed by atoms with Crippen LogP contribution in [-0.2, 0) is 10.0 Å². The summed E-state index contributed by atoms with van der Waals surface area (Å²) in [6.45, 7) is 6.32. The van der Waals surface area contributed by atoms with Gasteiger partial charge in [-0.1, -0.05) is 69.1 Å². The number of hydrogen-bond acceptors (Lipinski definition) is 3. The molecule has 0 aromatic heterocycles. The van der Waals surface area contributed by atoms with E-state index in [9.17, 15) is 13.2 Å². The molecule has 28 heavy (non-hydrogen) atoms. The molecule has 0 bridgehead atoms. The monoisotopic (exact) mass is 422 g/mol. The quantitative estimate of drug-likeness (QED) is 0.640. The van der Waals surface area contributed by atoms with Crippen LogP contribution < -0.4 is 5.32 Å². The molecule has 0 aliphatic rings. The van der Waals surface area contributed by atoms with E-state index >= 15 is 0 Å². The fourth-order valence-corrected chi connectivity index (χ4v) is 4.77. The van der Waals surface area contributed by atoms with Crippen molar-refractivity contribution < 1.29 is 13.2 Å². The highest BCUT2D eigenvalue weighted by Crippen LogP contribution is 2.25. The van der Waals surface area contributed by atoms with Crippen molar-refractivity contribution >= 4 is 27.5 Å². The molecule has 0 aliphatic heterocycles. The third-order valence-corrected chi connectivity index (χ3v) is 6.99. The molecule has 1 atom stereocenters. The Bertz CT molecular complexity index is 897. The summed E-state index contributed by atoms with van der Waals surface area (Å²) >= 11 is 6.23. The summed E-state index contributed by atoms with van der Waals surface area (Å²) < 4.78 is 26.9. The van der Waals surface area contributed by atoms with Crippen LogP contribution in [0.25, 0.3) is 0 Å². The van der Waals surface area contributed by atoms with E-state index in [1.165, 1.54) is 22.5 Å². The maximum Gasteiger partial charge on any atom is 0.253 e. The van der Waals surface area contributed by atoms with Crippen molar-refractivity contribution in [1.29, 1.82) is 0 Å². The summed E-state index contributed by atoms with van der Waals surface area (Å²) in [4.78, 5) is 13.0. The molecule has 152 valence electrons. The number of halogens is 1. The topological polar surface area (TPSA) is 66.5 Å². The Morgan fingerprint density at radius 2 is 1.71 bits per heavy atom. The van der Waals surface area contributed by atoms with E-state index in [1.807, 2.05) is 37.3 Å². The van der Waals surface area contributed by atoms with Crippen molar-refractivity contribution in [2.75, 3.05) is 13.1 Å². The standard InChI is InChI=1S/C21H27ClN2O3S/c1-4-10-20(16-11-8-7-9-12-16)23-21(25)18-15-17(13-14-19(18)22)28(26,27)24(5-2)6-3/h7-9,11-15,20H,4-6,10H2,1-3H3,(H,23,25)/t20-/m1/s1. The fraction of sp³-hybridized carbons (Fsp3) is 0.381. The van der Waals surface area contributed by atoms with Gasteiger partial charge in [0.15, 0.2) is 0 Å². The van der Waals surface area contributed by atoms with E-state index in [4.69, 9.17) is 11.6 Å². The normalized spacial score (nSPS) is 12.8. The first-order valence-electron chi connectivity index (χ1n) is 9.50. The Hall–Kier alpha value is -1.89. The van der Waals surface area contributed by atoms with Crippen molar-refractivity contribution in [1.82, 2.24) is 9.62 Å². The number of sulfonamides is 1. The minimum absolute atomic E-state index is 0.0671. The zero-order valence-electron chi connectivity index (χ0n) is 16.5. The second kappa shape index (κ2) is 10.0. The molecule has 7 heteroatoms. The first kappa shape index (κ1) is 22.4. The second-order valence-electron chi connectivity index (χ2n) is 6.46. The molecule has 0 fully saturated rings. The number of nitrogens with zero attached hydrogens (tertiary/aromatic N) is 1. The largest absolute Gasteiger partial charge is 0.345 e. The summed E-state index contributed by atoms with van der Waals surface area (Å²) in [7, 11) is -3.67. The summed E-state index contributed by atoms with van der Waals surface area (Å²) in [6.07, 6.45) is 1.66. The van der Waals surface area contributed by atoms with E-state index in [2.05, 4.69) is 5.32 Å². The molecule has 0 aliphatic carbocycles. The number of nitrogens with one attached hydrogen (secondary N) is 1. The third kappa shape index (κ3) is 5.13. The molecule has 2 aromatic carbocycles. The van der Waals surface area contributed by atoms with E-state index in [-0.39, 0.29) is 27.4 Å². The number of benzene rings is 2. The van der Waals surface area contributed by atoms with Gasteiger partial charge in [-0.15, -0.1) is 0 Å². The Labute approximate surface area is 172 Å². The number of hydrogen-bond donors (Lipinski definition) is 1. The number of amides is 1. The van der Waals surface area contributed by atoms with Gasteiger partial charge in [0.05, 0.1) is 21.5 Å². The molecule has 1 N–H and O–H groups in total. The van der Waals surface area contributed by atoms with Crippen LogP contribution in [0.1, 0.15) is 55.6 Å². The van der Waals surface area contributed by atoms with Crippen molar-refractivity contribution in [3.05, 3.63) is 64.7 Å². The Kier molecular flexibility index (Phi) is 8.04. The van der Waals surface area contributed by atoms with Gasteiger partial charge in [-0.25, -0.2) is 8.42 Å². The minimum atomic E-state index is -3.67. The molecule has 2 aromatic rings.